The summed E-state index contributed by atoms with van der Waals surface area (Å²) in [5.41, 5.74) is 6.99. The van der Waals surface area contributed by atoms with E-state index in [9.17, 15) is 31.3 Å². The number of nitrogens with two attached hydrogens (primary N) is 1. The highest BCUT2D eigenvalue weighted by atomic mass is 32.2. The molecule has 0 aliphatic rings. The minimum absolute atomic E-state index is 0.0127. The molecular formula is C26H25N5O7S2. The zero-order chi connectivity index (χ0) is 29.2. The van der Waals surface area contributed by atoms with Gasteiger partial charge in [-0.1, -0.05) is 18.2 Å². The van der Waals surface area contributed by atoms with Crippen molar-refractivity contribution in [1.29, 1.82) is 0 Å². The van der Waals surface area contributed by atoms with E-state index in [0.717, 1.165) is 12.1 Å². The molecule has 4 aromatic rings. The van der Waals surface area contributed by atoms with Crippen molar-refractivity contribution in [2.45, 2.75) is 23.6 Å². The first kappa shape index (κ1) is 28.5. The van der Waals surface area contributed by atoms with E-state index in [1.807, 2.05) is 0 Å². The molecule has 0 aliphatic carbocycles. The number of sulfonamides is 1. The van der Waals surface area contributed by atoms with Crippen molar-refractivity contribution in [3.63, 3.8) is 0 Å². The highest BCUT2D eigenvalue weighted by Crippen LogP contribution is 2.41. The van der Waals surface area contributed by atoms with E-state index in [0.29, 0.717) is 11.4 Å². The number of phenols is 1. The number of aromatic hydroxyl groups is 1. The molecule has 0 unspecified atom stereocenters. The van der Waals surface area contributed by atoms with Gasteiger partial charge in [0.1, 0.15) is 22.0 Å². The number of nitrogens with zero attached hydrogens (tertiary/aromatic N) is 3. The fourth-order valence-corrected chi connectivity index (χ4v) is 6.19. The Morgan fingerprint density at radius 2 is 1.65 bits per heavy atom. The number of fused-ring (bicyclic) bond motifs is 1. The second-order valence-electron chi connectivity index (χ2n) is 8.58. The number of nitrogens with one attached hydrogen (secondary N) is 1. The molecule has 4 rings (SSSR count). The average molecular weight is 584 g/mol. The molecule has 208 valence electrons. The summed E-state index contributed by atoms with van der Waals surface area (Å²) in [5, 5.41) is 21.7. The summed E-state index contributed by atoms with van der Waals surface area (Å²) in [5.74, 6) is -0.779. The van der Waals surface area contributed by atoms with Crippen LogP contribution in [0.4, 0.5) is 28.4 Å². The number of anilines is 3. The van der Waals surface area contributed by atoms with Gasteiger partial charge >= 0.3 is 0 Å². The predicted molar refractivity (Wildman–Crippen MR) is 151 cm³/mol. The summed E-state index contributed by atoms with van der Waals surface area (Å²) >= 11 is 0. The van der Waals surface area contributed by atoms with Crippen molar-refractivity contribution < 1.29 is 31.3 Å². The van der Waals surface area contributed by atoms with E-state index >= 15 is 0 Å². The van der Waals surface area contributed by atoms with Crippen molar-refractivity contribution >= 4 is 65.3 Å². The number of azo groups is 1. The number of nitrogen functional groups attached to an aromatic ring is 1. The number of phenolic OH excluding ortho intramolecular Hbond substituents is 1. The Balaban J connectivity index is 1.77. The molecule has 14 heteroatoms. The van der Waals surface area contributed by atoms with Crippen molar-refractivity contribution in [2.75, 3.05) is 21.9 Å². The second kappa shape index (κ2) is 10.9. The molecule has 0 aliphatic heterocycles. The fourth-order valence-electron chi connectivity index (χ4n) is 4.06. The van der Waals surface area contributed by atoms with Crippen LogP contribution in [0.2, 0.25) is 0 Å². The Labute approximate surface area is 230 Å². The summed E-state index contributed by atoms with van der Waals surface area (Å²) < 4.78 is 61.1. The zero-order valence-electron chi connectivity index (χ0n) is 21.3. The molecule has 4 aromatic carbocycles. The standard InChI is InChI=1S/C26H25N5O7S2/c1-3-31(19-11-9-18(10-12-19)28-16(2)32)39(34,35)24-7-5-4-6-22(24)29-30-26-21(27)13-8-17-14-20(40(36,37)38)15-23(33)25(17)26/h4-15,33H,3,27H2,1-2H3,(H,28,32)(H,36,37,38)/b30-29+. The third-order valence-corrected chi connectivity index (χ3v) is 8.61. The van der Waals surface area contributed by atoms with Crippen LogP contribution in [0.25, 0.3) is 10.8 Å². The second-order valence-corrected chi connectivity index (χ2v) is 11.8. The largest absolute Gasteiger partial charge is 0.507 e. The predicted octanol–water partition coefficient (Wildman–Crippen LogP) is 4.96. The topological polar surface area (TPSA) is 192 Å². The number of hydrogen-bond acceptors (Lipinski definition) is 9. The third kappa shape index (κ3) is 5.73. The zero-order valence-corrected chi connectivity index (χ0v) is 22.9. The van der Waals surface area contributed by atoms with Gasteiger partial charge in [0.15, 0.2) is 0 Å². The lowest BCUT2D eigenvalue weighted by Crippen LogP contribution is -2.30. The molecule has 0 saturated carbocycles. The monoisotopic (exact) mass is 583 g/mol. The number of carbonyl (C=O) groups is 1. The maximum atomic E-state index is 13.7. The van der Waals surface area contributed by atoms with Gasteiger partial charge in [0, 0.05) is 25.2 Å². The van der Waals surface area contributed by atoms with Crippen LogP contribution in [-0.4, -0.2) is 38.9 Å². The summed E-state index contributed by atoms with van der Waals surface area (Å²) in [6.07, 6.45) is 0. The van der Waals surface area contributed by atoms with Crippen LogP contribution < -0.4 is 15.4 Å². The van der Waals surface area contributed by atoms with E-state index in [-0.39, 0.29) is 45.2 Å². The Hall–Kier alpha value is -4.53. The van der Waals surface area contributed by atoms with Gasteiger partial charge in [0.05, 0.1) is 21.7 Å². The Morgan fingerprint density at radius 1 is 0.975 bits per heavy atom. The molecule has 0 heterocycles. The first-order valence-electron chi connectivity index (χ1n) is 11.8. The lowest BCUT2D eigenvalue weighted by atomic mass is 10.1. The minimum Gasteiger partial charge on any atom is -0.507 e. The number of rotatable bonds is 8. The Morgan fingerprint density at radius 3 is 2.27 bits per heavy atom. The molecule has 0 aromatic heterocycles. The SMILES string of the molecule is CCN(c1ccc(NC(C)=O)cc1)S(=O)(=O)c1ccccc1/N=N/c1c(N)ccc2cc(S(=O)(=O)O)cc(O)c12. The van der Waals surface area contributed by atoms with Crippen molar-refractivity contribution in [3.8, 4) is 5.75 Å². The number of carbonyl (C=O) groups excluding carboxylic acids is 1. The molecule has 0 fully saturated rings. The van der Waals surface area contributed by atoms with Gasteiger partial charge < -0.3 is 16.2 Å². The van der Waals surface area contributed by atoms with Crippen molar-refractivity contribution in [1.82, 2.24) is 0 Å². The van der Waals surface area contributed by atoms with E-state index < -0.39 is 30.8 Å². The van der Waals surface area contributed by atoms with Crippen LogP contribution in [0.5, 0.6) is 5.75 Å². The lowest BCUT2D eigenvalue weighted by molar-refractivity contribution is -0.114. The first-order chi connectivity index (χ1) is 18.8. The molecule has 5 N–H and O–H groups in total. The molecule has 0 bridgehead atoms. The van der Waals surface area contributed by atoms with Crippen LogP contribution in [0.1, 0.15) is 13.8 Å². The van der Waals surface area contributed by atoms with Gasteiger partial charge in [0.2, 0.25) is 5.91 Å². The van der Waals surface area contributed by atoms with Gasteiger partial charge in [-0.05, 0) is 60.8 Å². The van der Waals surface area contributed by atoms with Crippen molar-refractivity contribution in [3.05, 3.63) is 72.8 Å². The van der Waals surface area contributed by atoms with Crippen LogP contribution in [0.15, 0.2) is 92.8 Å². The summed E-state index contributed by atoms with van der Waals surface area (Å²) in [6.45, 7) is 3.13. The number of benzene rings is 4. The summed E-state index contributed by atoms with van der Waals surface area (Å²) in [7, 11) is -8.73. The minimum atomic E-state index is -4.59. The van der Waals surface area contributed by atoms with Gasteiger partial charge in [-0.15, -0.1) is 10.2 Å². The summed E-state index contributed by atoms with van der Waals surface area (Å²) in [4.78, 5) is 10.6. The van der Waals surface area contributed by atoms with Gasteiger partial charge in [-0.2, -0.15) is 8.42 Å². The molecule has 1 amide bonds. The van der Waals surface area contributed by atoms with Crippen molar-refractivity contribution in [2.24, 2.45) is 10.2 Å². The molecule has 40 heavy (non-hydrogen) atoms. The molecule has 0 spiro atoms. The Kier molecular flexibility index (Phi) is 7.77. The van der Waals surface area contributed by atoms with Gasteiger partial charge in [0.25, 0.3) is 20.1 Å². The van der Waals surface area contributed by atoms with Crippen LogP contribution in [0, 0.1) is 0 Å². The smallest absolute Gasteiger partial charge is 0.294 e. The molecule has 0 atom stereocenters. The van der Waals surface area contributed by atoms with Gasteiger partial charge in [-0.25, -0.2) is 8.42 Å². The maximum Gasteiger partial charge on any atom is 0.294 e. The quantitative estimate of drug-likeness (QED) is 0.127. The summed E-state index contributed by atoms with van der Waals surface area (Å²) in [6, 6.07) is 17.1. The molecule has 12 nitrogen and oxygen atoms in total. The van der Waals surface area contributed by atoms with E-state index in [2.05, 4.69) is 15.5 Å². The normalized spacial score (nSPS) is 12.1. The van der Waals surface area contributed by atoms with Gasteiger partial charge in [-0.3, -0.25) is 13.7 Å². The van der Waals surface area contributed by atoms with Crippen LogP contribution in [0.3, 0.4) is 0 Å². The fraction of sp³-hybridized carbons (Fsp3) is 0.115. The Bertz CT molecular complexity index is 1860. The average Bonchev–Trinajstić information content (AvgIpc) is 2.88. The number of hydrogen-bond donors (Lipinski definition) is 4. The third-order valence-electron chi connectivity index (χ3n) is 5.83. The number of amides is 1. The highest BCUT2D eigenvalue weighted by Gasteiger charge is 2.27. The highest BCUT2D eigenvalue weighted by molar-refractivity contribution is 7.93. The van der Waals surface area contributed by atoms with E-state index in [1.165, 1.54) is 41.6 Å². The lowest BCUT2D eigenvalue weighted by Gasteiger charge is -2.23. The first-order valence-corrected chi connectivity index (χ1v) is 14.6. The van der Waals surface area contributed by atoms with E-state index in [1.54, 1.807) is 37.3 Å². The molecular weight excluding hydrogens is 558 g/mol. The van der Waals surface area contributed by atoms with Crippen LogP contribution >= 0.6 is 0 Å². The van der Waals surface area contributed by atoms with E-state index in [4.69, 9.17) is 5.73 Å². The van der Waals surface area contributed by atoms with Crippen LogP contribution in [-0.2, 0) is 24.9 Å². The maximum absolute atomic E-state index is 13.7. The molecule has 0 radical (unpaired) electrons. The molecule has 0 saturated heterocycles.